The summed E-state index contributed by atoms with van der Waals surface area (Å²) >= 11 is 0. The van der Waals surface area contributed by atoms with Crippen molar-refractivity contribution in [2.24, 2.45) is 0 Å². The minimum atomic E-state index is -0.113. The first-order valence-electron chi connectivity index (χ1n) is 8.87. The van der Waals surface area contributed by atoms with Crippen molar-refractivity contribution in [3.63, 3.8) is 0 Å². The number of anilines is 1. The second kappa shape index (κ2) is 8.09. The number of amides is 1. The van der Waals surface area contributed by atoms with E-state index >= 15 is 0 Å². The van der Waals surface area contributed by atoms with Gasteiger partial charge in [-0.3, -0.25) is 4.79 Å². The van der Waals surface area contributed by atoms with E-state index in [-0.39, 0.29) is 5.91 Å². The largest absolute Gasteiger partial charge is 0.351 e. The molecule has 1 aromatic rings. The van der Waals surface area contributed by atoms with E-state index in [9.17, 15) is 4.79 Å². The van der Waals surface area contributed by atoms with Crippen molar-refractivity contribution >= 4 is 11.9 Å². The van der Waals surface area contributed by atoms with Crippen molar-refractivity contribution in [2.75, 3.05) is 11.9 Å². The van der Waals surface area contributed by atoms with Crippen molar-refractivity contribution in [3.8, 4) is 0 Å². The molecule has 3 rings (SSSR count). The minimum Gasteiger partial charge on any atom is -0.351 e. The van der Waals surface area contributed by atoms with Crippen molar-refractivity contribution in [3.05, 3.63) is 29.6 Å². The summed E-state index contributed by atoms with van der Waals surface area (Å²) in [5, 5.41) is 6.30. The number of carbonyl (C=O) groups excluding carboxylic acids is 1. The number of rotatable bonds is 6. The van der Waals surface area contributed by atoms with Gasteiger partial charge in [-0.15, -0.1) is 0 Å². The van der Waals surface area contributed by atoms with Gasteiger partial charge >= 0.3 is 0 Å². The van der Waals surface area contributed by atoms with Crippen molar-refractivity contribution < 1.29 is 4.79 Å². The van der Waals surface area contributed by atoms with E-state index in [4.69, 9.17) is 0 Å². The van der Waals surface area contributed by atoms with Crippen LogP contribution in [0.5, 0.6) is 0 Å². The molecule has 1 amide bonds. The fraction of sp³-hybridized carbons (Fsp3) is 0.611. The van der Waals surface area contributed by atoms with Crippen LogP contribution in [0, 0.1) is 0 Å². The first-order valence-corrected chi connectivity index (χ1v) is 8.87. The van der Waals surface area contributed by atoms with Gasteiger partial charge in [-0.05, 0) is 51.0 Å². The first-order chi connectivity index (χ1) is 11.3. The number of nitrogens with zero attached hydrogens (tertiary/aromatic N) is 2. The van der Waals surface area contributed by atoms with E-state index in [1.54, 1.807) is 12.3 Å². The molecule has 0 spiro atoms. The van der Waals surface area contributed by atoms with Gasteiger partial charge in [0.15, 0.2) is 0 Å². The van der Waals surface area contributed by atoms with Gasteiger partial charge in [0.25, 0.3) is 5.91 Å². The topological polar surface area (TPSA) is 66.9 Å². The van der Waals surface area contributed by atoms with Gasteiger partial charge in [-0.25, -0.2) is 9.97 Å². The highest BCUT2D eigenvalue weighted by molar-refractivity contribution is 5.92. The molecular weight excluding hydrogens is 288 g/mol. The van der Waals surface area contributed by atoms with Gasteiger partial charge in [0.1, 0.15) is 5.69 Å². The van der Waals surface area contributed by atoms with E-state index in [1.165, 1.54) is 44.1 Å². The fourth-order valence-corrected chi connectivity index (χ4v) is 3.37. The Balaban J connectivity index is 1.49. The predicted octanol–water partition coefficient (Wildman–Crippen LogP) is 3.45. The zero-order valence-electron chi connectivity index (χ0n) is 13.7. The van der Waals surface area contributed by atoms with E-state index in [0.717, 1.165) is 19.3 Å². The Bertz CT molecular complexity index is 564. The lowest BCUT2D eigenvalue weighted by Gasteiger charge is -2.13. The normalized spacial score (nSPS) is 18.5. The predicted molar refractivity (Wildman–Crippen MR) is 91.4 cm³/mol. The lowest BCUT2D eigenvalue weighted by molar-refractivity contribution is 0.0949. The summed E-state index contributed by atoms with van der Waals surface area (Å²) in [5.41, 5.74) is 1.92. The molecule has 0 aromatic carbocycles. The van der Waals surface area contributed by atoms with Crippen LogP contribution in [-0.2, 0) is 0 Å². The van der Waals surface area contributed by atoms with E-state index in [0.29, 0.717) is 24.2 Å². The Morgan fingerprint density at radius 3 is 2.87 bits per heavy atom. The summed E-state index contributed by atoms with van der Waals surface area (Å²) in [6, 6.07) is 2.13. The number of carbonyl (C=O) groups is 1. The third-order valence-electron chi connectivity index (χ3n) is 4.69. The highest BCUT2D eigenvalue weighted by Gasteiger charge is 2.16. The van der Waals surface area contributed by atoms with Crippen molar-refractivity contribution in [1.82, 2.24) is 15.3 Å². The van der Waals surface area contributed by atoms with Crippen molar-refractivity contribution in [1.29, 1.82) is 0 Å². The molecule has 1 fully saturated rings. The highest BCUT2D eigenvalue weighted by atomic mass is 16.1. The summed E-state index contributed by atoms with van der Waals surface area (Å²) in [6.07, 6.45) is 14.7. The van der Waals surface area contributed by atoms with Crippen LogP contribution >= 0.6 is 0 Å². The van der Waals surface area contributed by atoms with E-state index < -0.39 is 0 Å². The molecule has 5 heteroatoms. The lowest BCUT2D eigenvalue weighted by atomic mass is 9.97. The standard InChI is InChI=1S/C18H26N4O/c23-17(19-12-10-14-6-2-1-3-7-14)16-11-13-20-18(22-16)21-15-8-4-5-9-15/h6,11,13,15H,1-5,7-10,12H2,(H,19,23)(H,20,21,22). The molecule has 2 aliphatic carbocycles. The molecule has 0 radical (unpaired) electrons. The Kier molecular flexibility index (Phi) is 5.61. The second-order valence-corrected chi connectivity index (χ2v) is 6.51. The van der Waals surface area contributed by atoms with Gasteiger partial charge in [0.2, 0.25) is 5.95 Å². The van der Waals surface area contributed by atoms with Gasteiger partial charge in [0, 0.05) is 18.8 Å². The SMILES string of the molecule is O=C(NCCC1=CCCCC1)c1ccnc(NC2CCCC2)n1. The molecule has 0 atom stereocenters. The second-order valence-electron chi connectivity index (χ2n) is 6.51. The van der Waals surface area contributed by atoms with E-state index in [1.807, 2.05) is 0 Å². The number of hydrogen-bond donors (Lipinski definition) is 2. The molecule has 23 heavy (non-hydrogen) atoms. The van der Waals surface area contributed by atoms with Crippen LogP contribution < -0.4 is 10.6 Å². The molecule has 0 saturated heterocycles. The molecule has 0 aliphatic heterocycles. The van der Waals surface area contributed by atoms with Crippen LogP contribution in [0.1, 0.15) is 68.3 Å². The van der Waals surface area contributed by atoms with Gasteiger partial charge in [-0.2, -0.15) is 0 Å². The highest BCUT2D eigenvalue weighted by Crippen LogP contribution is 2.21. The van der Waals surface area contributed by atoms with Gasteiger partial charge < -0.3 is 10.6 Å². The molecule has 5 nitrogen and oxygen atoms in total. The maximum absolute atomic E-state index is 12.2. The third-order valence-corrected chi connectivity index (χ3v) is 4.69. The molecule has 1 heterocycles. The van der Waals surface area contributed by atoms with Crippen LogP contribution in [0.4, 0.5) is 5.95 Å². The molecule has 1 aromatic heterocycles. The van der Waals surface area contributed by atoms with Gasteiger partial charge in [0.05, 0.1) is 0 Å². The van der Waals surface area contributed by atoms with Crippen LogP contribution in [0.2, 0.25) is 0 Å². The number of allylic oxidation sites excluding steroid dienone is 1. The number of aromatic nitrogens is 2. The Labute approximate surface area is 138 Å². The Morgan fingerprint density at radius 2 is 2.09 bits per heavy atom. The number of hydrogen-bond acceptors (Lipinski definition) is 4. The van der Waals surface area contributed by atoms with Crippen molar-refractivity contribution in [2.45, 2.75) is 63.8 Å². The van der Waals surface area contributed by atoms with E-state index in [2.05, 4.69) is 26.7 Å². The smallest absolute Gasteiger partial charge is 0.270 e. The van der Waals surface area contributed by atoms with Crippen LogP contribution in [0.3, 0.4) is 0 Å². The average Bonchev–Trinajstić information content (AvgIpc) is 3.09. The Hall–Kier alpha value is -1.91. The number of nitrogens with one attached hydrogen (secondary N) is 2. The summed E-state index contributed by atoms with van der Waals surface area (Å²) in [7, 11) is 0. The zero-order valence-corrected chi connectivity index (χ0v) is 13.7. The summed E-state index contributed by atoms with van der Waals surface area (Å²) in [4.78, 5) is 20.8. The lowest BCUT2D eigenvalue weighted by Crippen LogP contribution is -2.26. The van der Waals surface area contributed by atoms with Gasteiger partial charge in [-0.1, -0.05) is 24.5 Å². The minimum absolute atomic E-state index is 0.113. The zero-order chi connectivity index (χ0) is 15.9. The molecule has 2 N–H and O–H groups in total. The maximum Gasteiger partial charge on any atom is 0.270 e. The molecule has 0 bridgehead atoms. The quantitative estimate of drug-likeness (QED) is 0.789. The third kappa shape index (κ3) is 4.78. The average molecular weight is 314 g/mol. The molecule has 2 aliphatic rings. The fourth-order valence-electron chi connectivity index (χ4n) is 3.37. The molecule has 124 valence electrons. The van der Waals surface area contributed by atoms with Crippen LogP contribution in [0.25, 0.3) is 0 Å². The van der Waals surface area contributed by atoms with Crippen LogP contribution in [0.15, 0.2) is 23.9 Å². The summed E-state index contributed by atoms with van der Waals surface area (Å²) < 4.78 is 0. The maximum atomic E-state index is 12.2. The molecular formula is C18H26N4O. The summed E-state index contributed by atoms with van der Waals surface area (Å²) in [6.45, 7) is 0.681. The van der Waals surface area contributed by atoms with Crippen LogP contribution in [-0.4, -0.2) is 28.5 Å². The summed E-state index contributed by atoms with van der Waals surface area (Å²) in [5.74, 6) is 0.456. The Morgan fingerprint density at radius 1 is 1.22 bits per heavy atom. The molecule has 0 unspecified atom stereocenters. The monoisotopic (exact) mass is 314 g/mol. The molecule has 1 saturated carbocycles. The first kappa shape index (κ1) is 16.0.